The second-order valence-electron chi connectivity index (χ2n) is 4.47. The summed E-state index contributed by atoms with van der Waals surface area (Å²) in [6.45, 7) is 8.60. The fourth-order valence-electron chi connectivity index (χ4n) is 2.05. The maximum atomic E-state index is 11.8. The van der Waals surface area contributed by atoms with Gasteiger partial charge in [0.15, 0.2) is 0 Å². The van der Waals surface area contributed by atoms with E-state index in [4.69, 9.17) is 4.74 Å². The van der Waals surface area contributed by atoms with Crippen molar-refractivity contribution in [3.8, 4) is 5.75 Å². The topological polar surface area (TPSA) is 41.6 Å². The van der Waals surface area contributed by atoms with Crippen molar-refractivity contribution >= 4 is 5.91 Å². The number of aryl methyl sites for hydroxylation is 1. The number of hydrogen-bond acceptors (Lipinski definition) is 3. The SMILES string of the molecule is CCN(CC)C(=O)CNCc1ccc(OC)c(C)c1. The third-order valence-electron chi connectivity index (χ3n) is 3.18. The van der Waals surface area contributed by atoms with Gasteiger partial charge in [-0.2, -0.15) is 0 Å². The van der Waals surface area contributed by atoms with Crippen molar-refractivity contribution in [2.75, 3.05) is 26.7 Å². The van der Waals surface area contributed by atoms with Crippen molar-refractivity contribution in [2.24, 2.45) is 0 Å². The smallest absolute Gasteiger partial charge is 0.236 e. The van der Waals surface area contributed by atoms with E-state index in [1.54, 1.807) is 7.11 Å². The number of nitrogens with zero attached hydrogens (tertiary/aromatic N) is 1. The highest BCUT2D eigenvalue weighted by Gasteiger charge is 2.08. The molecule has 0 aliphatic rings. The predicted molar refractivity (Wildman–Crippen MR) is 77.4 cm³/mol. The molecule has 1 aromatic rings. The van der Waals surface area contributed by atoms with Gasteiger partial charge in [-0.15, -0.1) is 0 Å². The molecule has 1 aromatic carbocycles. The van der Waals surface area contributed by atoms with Gasteiger partial charge in [-0.3, -0.25) is 4.79 Å². The van der Waals surface area contributed by atoms with Crippen LogP contribution in [0.2, 0.25) is 0 Å². The van der Waals surface area contributed by atoms with Crippen molar-refractivity contribution in [1.29, 1.82) is 0 Å². The molecule has 0 aliphatic heterocycles. The van der Waals surface area contributed by atoms with Crippen LogP contribution in [0, 0.1) is 6.92 Å². The monoisotopic (exact) mass is 264 g/mol. The molecule has 4 heteroatoms. The standard InChI is InChI=1S/C15H24N2O2/c1-5-17(6-2)15(18)11-16-10-13-7-8-14(19-4)12(3)9-13/h7-9,16H,5-6,10-11H2,1-4H3. The number of amides is 1. The third-order valence-corrected chi connectivity index (χ3v) is 3.18. The van der Waals surface area contributed by atoms with Crippen LogP contribution in [0.1, 0.15) is 25.0 Å². The van der Waals surface area contributed by atoms with Gasteiger partial charge in [-0.05, 0) is 38.0 Å². The molecule has 19 heavy (non-hydrogen) atoms. The minimum Gasteiger partial charge on any atom is -0.496 e. The zero-order chi connectivity index (χ0) is 14.3. The fraction of sp³-hybridized carbons (Fsp3) is 0.533. The first kappa shape index (κ1) is 15.5. The molecule has 1 amide bonds. The molecule has 0 saturated heterocycles. The molecule has 0 bridgehead atoms. The number of nitrogens with one attached hydrogen (secondary N) is 1. The van der Waals surface area contributed by atoms with Gasteiger partial charge in [0.2, 0.25) is 5.91 Å². The van der Waals surface area contributed by atoms with Crippen molar-refractivity contribution in [3.05, 3.63) is 29.3 Å². The lowest BCUT2D eigenvalue weighted by Gasteiger charge is -2.18. The molecule has 0 saturated carbocycles. The van der Waals surface area contributed by atoms with Crippen molar-refractivity contribution in [2.45, 2.75) is 27.3 Å². The molecule has 0 atom stereocenters. The fourth-order valence-corrected chi connectivity index (χ4v) is 2.05. The van der Waals surface area contributed by atoms with Gasteiger partial charge in [0.25, 0.3) is 0 Å². The van der Waals surface area contributed by atoms with Crippen molar-refractivity contribution in [3.63, 3.8) is 0 Å². The molecular weight excluding hydrogens is 240 g/mol. The molecule has 0 spiro atoms. The van der Waals surface area contributed by atoms with E-state index < -0.39 is 0 Å². The molecule has 0 heterocycles. The molecule has 0 unspecified atom stereocenters. The minimum absolute atomic E-state index is 0.148. The average Bonchev–Trinajstić information content (AvgIpc) is 2.40. The van der Waals surface area contributed by atoms with Crippen LogP contribution in [-0.2, 0) is 11.3 Å². The summed E-state index contributed by atoms with van der Waals surface area (Å²) in [4.78, 5) is 13.6. The van der Waals surface area contributed by atoms with Gasteiger partial charge < -0.3 is 15.0 Å². The van der Waals surface area contributed by atoms with Crippen LogP contribution >= 0.6 is 0 Å². The quantitative estimate of drug-likeness (QED) is 0.818. The van der Waals surface area contributed by atoms with Gasteiger partial charge in [-0.1, -0.05) is 12.1 Å². The number of carbonyl (C=O) groups excluding carboxylic acids is 1. The molecule has 1 rings (SSSR count). The summed E-state index contributed by atoms with van der Waals surface area (Å²) in [6, 6.07) is 6.05. The van der Waals surface area contributed by atoms with Crippen molar-refractivity contribution in [1.82, 2.24) is 10.2 Å². The minimum atomic E-state index is 0.148. The molecule has 0 radical (unpaired) electrons. The number of carbonyl (C=O) groups is 1. The van der Waals surface area contributed by atoms with Crippen LogP contribution in [0.4, 0.5) is 0 Å². The Morgan fingerprint density at radius 2 is 2.00 bits per heavy atom. The van der Waals surface area contributed by atoms with Gasteiger partial charge in [0.1, 0.15) is 5.75 Å². The second kappa shape index (κ2) is 7.79. The molecule has 106 valence electrons. The molecule has 1 N–H and O–H groups in total. The Hall–Kier alpha value is -1.55. The first-order valence-electron chi connectivity index (χ1n) is 6.74. The van der Waals surface area contributed by atoms with Crippen LogP contribution in [0.25, 0.3) is 0 Å². The van der Waals surface area contributed by atoms with Crippen LogP contribution in [-0.4, -0.2) is 37.6 Å². The predicted octanol–water partition coefficient (Wildman–Crippen LogP) is 1.96. The van der Waals surface area contributed by atoms with E-state index in [9.17, 15) is 4.79 Å². The van der Waals surface area contributed by atoms with Crippen LogP contribution in [0.3, 0.4) is 0 Å². The Morgan fingerprint density at radius 1 is 1.32 bits per heavy atom. The Bertz CT molecular complexity index is 415. The highest BCUT2D eigenvalue weighted by Crippen LogP contribution is 2.18. The van der Waals surface area contributed by atoms with Crippen LogP contribution < -0.4 is 10.1 Å². The summed E-state index contributed by atoms with van der Waals surface area (Å²) >= 11 is 0. The van der Waals surface area contributed by atoms with E-state index in [2.05, 4.69) is 11.4 Å². The number of likely N-dealkylation sites (N-methyl/N-ethyl adjacent to an activating group) is 1. The molecule has 0 aromatic heterocycles. The van der Waals surface area contributed by atoms with E-state index in [0.29, 0.717) is 13.1 Å². The lowest BCUT2D eigenvalue weighted by Crippen LogP contribution is -2.37. The average molecular weight is 264 g/mol. The molecular formula is C15H24N2O2. The summed E-state index contributed by atoms with van der Waals surface area (Å²) in [5, 5.41) is 3.18. The number of benzene rings is 1. The Balaban J connectivity index is 2.45. The summed E-state index contributed by atoms with van der Waals surface area (Å²) in [5.74, 6) is 1.04. The Labute approximate surface area is 115 Å². The Morgan fingerprint density at radius 3 is 2.53 bits per heavy atom. The maximum Gasteiger partial charge on any atom is 0.236 e. The third kappa shape index (κ3) is 4.56. The van der Waals surface area contributed by atoms with Gasteiger partial charge in [0.05, 0.1) is 13.7 Å². The second-order valence-corrected chi connectivity index (χ2v) is 4.47. The largest absolute Gasteiger partial charge is 0.496 e. The van der Waals surface area contributed by atoms with E-state index in [1.807, 2.05) is 37.8 Å². The molecule has 0 aliphatic carbocycles. The zero-order valence-corrected chi connectivity index (χ0v) is 12.3. The van der Waals surface area contributed by atoms with E-state index in [-0.39, 0.29) is 5.91 Å². The van der Waals surface area contributed by atoms with Gasteiger partial charge >= 0.3 is 0 Å². The molecule has 0 fully saturated rings. The molecule has 4 nitrogen and oxygen atoms in total. The first-order valence-corrected chi connectivity index (χ1v) is 6.74. The van der Waals surface area contributed by atoms with E-state index in [1.165, 1.54) is 0 Å². The number of rotatable bonds is 7. The Kier molecular flexibility index (Phi) is 6.36. The van der Waals surface area contributed by atoms with Crippen LogP contribution in [0.5, 0.6) is 5.75 Å². The lowest BCUT2D eigenvalue weighted by molar-refractivity contribution is -0.129. The van der Waals surface area contributed by atoms with E-state index in [0.717, 1.165) is 30.0 Å². The highest BCUT2D eigenvalue weighted by atomic mass is 16.5. The maximum absolute atomic E-state index is 11.8. The zero-order valence-electron chi connectivity index (χ0n) is 12.3. The summed E-state index contributed by atoms with van der Waals surface area (Å²) < 4.78 is 5.22. The summed E-state index contributed by atoms with van der Waals surface area (Å²) in [7, 11) is 1.67. The van der Waals surface area contributed by atoms with Crippen molar-refractivity contribution < 1.29 is 9.53 Å². The van der Waals surface area contributed by atoms with Gasteiger partial charge in [0, 0.05) is 19.6 Å². The highest BCUT2D eigenvalue weighted by molar-refractivity contribution is 5.78. The normalized spacial score (nSPS) is 10.3. The summed E-state index contributed by atoms with van der Waals surface area (Å²) in [6.07, 6.45) is 0. The number of hydrogen-bond donors (Lipinski definition) is 1. The van der Waals surface area contributed by atoms with Crippen LogP contribution in [0.15, 0.2) is 18.2 Å². The van der Waals surface area contributed by atoms with Gasteiger partial charge in [-0.25, -0.2) is 0 Å². The number of methoxy groups -OCH3 is 1. The summed E-state index contributed by atoms with van der Waals surface area (Å²) in [5.41, 5.74) is 2.27. The lowest BCUT2D eigenvalue weighted by atomic mass is 10.1. The number of ether oxygens (including phenoxy) is 1. The first-order chi connectivity index (χ1) is 9.12. The van der Waals surface area contributed by atoms with E-state index >= 15 is 0 Å².